The summed E-state index contributed by atoms with van der Waals surface area (Å²) in [5.41, 5.74) is 1.51. The predicted octanol–water partition coefficient (Wildman–Crippen LogP) is 4.06. The molecule has 1 amide bonds. The maximum absolute atomic E-state index is 12.3. The van der Waals surface area contributed by atoms with Crippen molar-refractivity contribution in [3.05, 3.63) is 64.2 Å². The molecule has 3 N–H and O–H groups in total. The minimum absolute atomic E-state index is 0.0172. The summed E-state index contributed by atoms with van der Waals surface area (Å²) in [6, 6.07) is 7.79. The Morgan fingerprint density at radius 3 is 3.03 bits per heavy atom. The quantitative estimate of drug-likeness (QED) is 0.582. The van der Waals surface area contributed by atoms with E-state index in [1.807, 2.05) is 36.4 Å². The molecule has 2 aliphatic carbocycles. The van der Waals surface area contributed by atoms with Gasteiger partial charge in [0.05, 0.1) is 17.0 Å². The lowest BCUT2D eigenvalue weighted by Gasteiger charge is -2.27. The van der Waals surface area contributed by atoms with Gasteiger partial charge in [0, 0.05) is 22.0 Å². The van der Waals surface area contributed by atoms with Crippen LogP contribution in [0.5, 0.6) is 0 Å². The van der Waals surface area contributed by atoms with Crippen molar-refractivity contribution < 1.29 is 4.79 Å². The average molecular weight is 423 g/mol. The van der Waals surface area contributed by atoms with Crippen LogP contribution in [0.25, 0.3) is 23.1 Å². The van der Waals surface area contributed by atoms with Gasteiger partial charge in [-0.05, 0) is 49.5 Å². The van der Waals surface area contributed by atoms with Gasteiger partial charge < -0.3 is 15.3 Å². The Hall–Kier alpha value is -2.79. The van der Waals surface area contributed by atoms with Gasteiger partial charge in [-0.25, -0.2) is 4.98 Å². The first-order valence-corrected chi connectivity index (χ1v) is 10.9. The Kier molecular flexibility index (Phi) is 6.38. The van der Waals surface area contributed by atoms with E-state index in [0.29, 0.717) is 22.7 Å². The first kappa shape index (κ1) is 20.5. The Balaban J connectivity index is 0.000000181. The smallest absolute Gasteiger partial charge is 0.267 e. The van der Waals surface area contributed by atoms with Crippen molar-refractivity contribution >= 4 is 40.6 Å². The van der Waals surface area contributed by atoms with E-state index in [1.54, 1.807) is 6.33 Å². The van der Waals surface area contributed by atoms with Gasteiger partial charge in [-0.2, -0.15) is 0 Å². The number of aromatic nitrogens is 3. The highest BCUT2D eigenvalue weighted by atomic mass is 35.5. The van der Waals surface area contributed by atoms with Gasteiger partial charge >= 0.3 is 0 Å². The summed E-state index contributed by atoms with van der Waals surface area (Å²) in [5.74, 6) is 0.687. The molecule has 0 aliphatic heterocycles. The lowest BCUT2D eigenvalue weighted by atomic mass is 9.87. The van der Waals surface area contributed by atoms with Crippen LogP contribution in [0.3, 0.4) is 0 Å². The van der Waals surface area contributed by atoms with Crippen LogP contribution in [-0.2, 0) is 0 Å². The number of halogens is 1. The fraction of sp³-hybridized carbons (Fsp3) is 0.333. The number of nitrogens with zero attached hydrogens (tertiary/aromatic N) is 1. The number of hydrogen-bond donors (Lipinski definition) is 3. The van der Waals surface area contributed by atoms with Crippen LogP contribution in [-0.4, -0.2) is 26.9 Å². The third kappa shape index (κ3) is 5.03. The molecule has 5 nitrogen and oxygen atoms in total. The fourth-order valence-corrected chi connectivity index (χ4v) is 4.26. The number of rotatable bonds is 2. The second-order valence-electron chi connectivity index (χ2n) is 8.09. The van der Waals surface area contributed by atoms with Crippen molar-refractivity contribution in [1.82, 2.24) is 20.3 Å². The second kappa shape index (κ2) is 9.35. The molecular formula is C24H27ClN4O. The third-order valence-electron chi connectivity index (χ3n) is 5.65. The second-order valence-corrected chi connectivity index (χ2v) is 8.53. The first-order valence-electron chi connectivity index (χ1n) is 10.5. The summed E-state index contributed by atoms with van der Waals surface area (Å²) < 4.78 is 0. The van der Waals surface area contributed by atoms with Gasteiger partial charge in [0.1, 0.15) is 5.69 Å². The van der Waals surface area contributed by atoms with E-state index in [4.69, 9.17) is 11.6 Å². The van der Waals surface area contributed by atoms with E-state index >= 15 is 0 Å². The zero-order chi connectivity index (χ0) is 20.9. The normalized spacial score (nSPS) is 20.2. The maximum Gasteiger partial charge on any atom is 0.267 e. The summed E-state index contributed by atoms with van der Waals surface area (Å²) in [6.07, 6.45) is 15.6. The lowest BCUT2D eigenvalue weighted by Crippen LogP contribution is -2.38. The van der Waals surface area contributed by atoms with E-state index in [0.717, 1.165) is 40.9 Å². The molecule has 1 fully saturated rings. The number of benzene rings is 1. The van der Waals surface area contributed by atoms with E-state index < -0.39 is 0 Å². The molecule has 3 aromatic rings. The highest BCUT2D eigenvalue weighted by molar-refractivity contribution is 6.31. The molecule has 156 valence electrons. The SMILES string of the molecule is C1=CCC=c2nc[nH]c2=C1.C[C@H]1CCC[C@@H](NC(=O)c2cc3ccc(Cl)cc3[nH]2)C1. The van der Waals surface area contributed by atoms with Crippen LogP contribution >= 0.6 is 11.6 Å². The van der Waals surface area contributed by atoms with E-state index in [1.165, 1.54) is 12.8 Å². The molecular weight excluding hydrogens is 396 g/mol. The molecule has 2 aromatic heterocycles. The van der Waals surface area contributed by atoms with Crippen molar-refractivity contribution in [2.45, 2.75) is 45.1 Å². The molecule has 6 heteroatoms. The molecule has 0 saturated heterocycles. The van der Waals surface area contributed by atoms with Crippen molar-refractivity contribution in [2.75, 3.05) is 0 Å². The molecule has 2 heterocycles. The molecule has 5 rings (SSSR count). The molecule has 0 unspecified atom stereocenters. The van der Waals surface area contributed by atoms with Crippen LogP contribution in [0, 0.1) is 5.92 Å². The summed E-state index contributed by atoms with van der Waals surface area (Å²) >= 11 is 5.96. The van der Waals surface area contributed by atoms with Gasteiger partial charge in [-0.1, -0.05) is 55.7 Å². The van der Waals surface area contributed by atoms with Crippen LogP contribution in [0.4, 0.5) is 0 Å². The maximum atomic E-state index is 12.3. The molecule has 1 saturated carbocycles. The van der Waals surface area contributed by atoms with Gasteiger partial charge in [0.2, 0.25) is 0 Å². The van der Waals surface area contributed by atoms with Crippen molar-refractivity contribution in [1.29, 1.82) is 0 Å². The molecule has 0 bridgehead atoms. The van der Waals surface area contributed by atoms with E-state index in [9.17, 15) is 4.79 Å². The molecule has 0 radical (unpaired) electrons. The predicted molar refractivity (Wildman–Crippen MR) is 123 cm³/mol. The first-order chi connectivity index (χ1) is 14.6. The number of hydrogen-bond acceptors (Lipinski definition) is 2. The summed E-state index contributed by atoms with van der Waals surface area (Å²) in [5, 5.41) is 6.99. The number of amides is 1. The molecule has 30 heavy (non-hydrogen) atoms. The zero-order valence-corrected chi connectivity index (χ0v) is 17.9. The largest absolute Gasteiger partial charge is 0.350 e. The molecule has 0 spiro atoms. The zero-order valence-electron chi connectivity index (χ0n) is 17.1. The summed E-state index contributed by atoms with van der Waals surface area (Å²) in [4.78, 5) is 22.6. The Morgan fingerprint density at radius 2 is 2.17 bits per heavy atom. The van der Waals surface area contributed by atoms with Gasteiger partial charge in [0.25, 0.3) is 5.91 Å². The Labute approximate surface area is 180 Å². The van der Waals surface area contributed by atoms with Gasteiger partial charge in [0.15, 0.2) is 0 Å². The molecule has 2 aliphatic rings. The molecule has 2 atom stereocenters. The number of aromatic amines is 2. The van der Waals surface area contributed by atoms with Crippen molar-refractivity contribution in [3.8, 4) is 0 Å². The van der Waals surface area contributed by atoms with Crippen molar-refractivity contribution in [2.24, 2.45) is 5.92 Å². The minimum atomic E-state index is -0.0172. The monoisotopic (exact) mass is 422 g/mol. The summed E-state index contributed by atoms with van der Waals surface area (Å²) in [6.45, 7) is 2.25. The average Bonchev–Trinajstić information content (AvgIpc) is 3.29. The minimum Gasteiger partial charge on any atom is -0.350 e. The number of allylic oxidation sites excluding steroid dienone is 2. The summed E-state index contributed by atoms with van der Waals surface area (Å²) in [7, 11) is 0. The Bertz CT molecular complexity index is 1170. The third-order valence-corrected chi connectivity index (χ3v) is 5.88. The number of fused-ring (bicyclic) bond motifs is 2. The van der Waals surface area contributed by atoms with Crippen LogP contribution < -0.4 is 16.0 Å². The Morgan fingerprint density at radius 1 is 1.27 bits per heavy atom. The number of H-pyrrole nitrogens is 2. The van der Waals surface area contributed by atoms with Gasteiger partial charge in [-0.15, -0.1) is 0 Å². The highest BCUT2D eigenvalue weighted by Crippen LogP contribution is 2.24. The lowest BCUT2D eigenvalue weighted by molar-refractivity contribution is 0.0917. The van der Waals surface area contributed by atoms with Crippen LogP contribution in [0.15, 0.2) is 42.7 Å². The highest BCUT2D eigenvalue weighted by Gasteiger charge is 2.21. The standard InChI is InChI=1S/C16H19ClN2O.C8H8N2/c1-10-3-2-4-13(7-10)18-16(20)15-8-11-5-6-12(17)9-14(11)19-15;1-2-4-7-8(5-3-1)10-6-9-7/h5-6,8-10,13,19H,2-4,7H2,1H3,(H,18,20);1-2,4-6H,3H2,(H,9,10)/t10-,13+;/m0./s1. The van der Waals surface area contributed by atoms with Crippen molar-refractivity contribution in [3.63, 3.8) is 0 Å². The topological polar surface area (TPSA) is 73.6 Å². The number of imidazole rings is 1. The number of carbonyl (C=O) groups excluding carboxylic acids is 1. The van der Waals surface area contributed by atoms with E-state index in [-0.39, 0.29) is 5.91 Å². The van der Waals surface area contributed by atoms with Gasteiger partial charge in [-0.3, -0.25) is 4.79 Å². The fourth-order valence-electron chi connectivity index (χ4n) is 4.08. The van der Waals surface area contributed by atoms with Crippen LogP contribution in [0.1, 0.15) is 49.5 Å². The number of nitrogens with one attached hydrogen (secondary N) is 3. The molecule has 1 aromatic carbocycles. The van der Waals surface area contributed by atoms with E-state index in [2.05, 4.69) is 39.3 Å². The number of carbonyl (C=O) groups is 1. The van der Waals surface area contributed by atoms with Crippen LogP contribution in [0.2, 0.25) is 5.02 Å².